The molecule has 0 unspecified atom stereocenters. The SMILES string of the molecule is O=C(COc1ccc(Br)cc1)OCc1cn2cc(Cl)ccc2n1. The van der Waals surface area contributed by atoms with E-state index in [0.29, 0.717) is 16.5 Å². The summed E-state index contributed by atoms with van der Waals surface area (Å²) >= 11 is 9.24. The number of esters is 1. The lowest BCUT2D eigenvalue weighted by molar-refractivity contribution is -0.147. The maximum absolute atomic E-state index is 11.7. The summed E-state index contributed by atoms with van der Waals surface area (Å²) in [6.07, 6.45) is 3.51. The van der Waals surface area contributed by atoms with Crippen molar-refractivity contribution in [3.05, 3.63) is 64.0 Å². The molecule has 23 heavy (non-hydrogen) atoms. The number of pyridine rings is 1. The van der Waals surface area contributed by atoms with E-state index in [9.17, 15) is 4.79 Å². The average Bonchev–Trinajstić information content (AvgIpc) is 2.94. The van der Waals surface area contributed by atoms with Crippen LogP contribution < -0.4 is 4.74 Å². The van der Waals surface area contributed by atoms with E-state index in [0.717, 1.165) is 10.1 Å². The zero-order chi connectivity index (χ0) is 16.2. The van der Waals surface area contributed by atoms with E-state index in [2.05, 4.69) is 20.9 Å². The summed E-state index contributed by atoms with van der Waals surface area (Å²) in [4.78, 5) is 16.0. The van der Waals surface area contributed by atoms with Crippen molar-refractivity contribution in [1.29, 1.82) is 0 Å². The highest BCUT2D eigenvalue weighted by atomic mass is 79.9. The number of carbonyl (C=O) groups excluding carboxylic acids is 1. The standard InChI is InChI=1S/C16H12BrClN2O3/c17-11-1-4-14(5-2-11)22-10-16(21)23-9-13-8-20-7-12(18)3-6-15(20)19-13/h1-8H,9-10H2. The Kier molecular flexibility index (Phi) is 4.83. The third-order valence-electron chi connectivity index (χ3n) is 3.02. The Hall–Kier alpha value is -2.05. The van der Waals surface area contributed by atoms with Crippen LogP contribution in [0, 0.1) is 0 Å². The lowest BCUT2D eigenvalue weighted by Gasteiger charge is -2.06. The summed E-state index contributed by atoms with van der Waals surface area (Å²) < 4.78 is 13.2. The van der Waals surface area contributed by atoms with Crippen LogP contribution in [-0.4, -0.2) is 22.0 Å². The van der Waals surface area contributed by atoms with E-state index in [1.807, 2.05) is 12.1 Å². The molecule has 3 aromatic rings. The van der Waals surface area contributed by atoms with Crippen molar-refractivity contribution in [2.45, 2.75) is 6.61 Å². The van der Waals surface area contributed by atoms with Gasteiger partial charge >= 0.3 is 5.97 Å². The summed E-state index contributed by atoms with van der Waals surface area (Å²) in [5.74, 6) is 0.149. The summed E-state index contributed by atoms with van der Waals surface area (Å²) in [5, 5.41) is 0.612. The smallest absolute Gasteiger partial charge is 0.344 e. The molecule has 0 aliphatic carbocycles. The molecule has 0 aliphatic rings. The van der Waals surface area contributed by atoms with Gasteiger partial charge in [-0.05, 0) is 36.4 Å². The van der Waals surface area contributed by atoms with Gasteiger partial charge in [-0.25, -0.2) is 9.78 Å². The molecule has 0 radical (unpaired) electrons. The normalized spacial score (nSPS) is 10.7. The van der Waals surface area contributed by atoms with Crippen LogP contribution in [0.1, 0.15) is 5.69 Å². The molecule has 2 heterocycles. The fraction of sp³-hybridized carbons (Fsp3) is 0.125. The zero-order valence-electron chi connectivity index (χ0n) is 11.9. The largest absolute Gasteiger partial charge is 0.482 e. The topological polar surface area (TPSA) is 52.8 Å². The second kappa shape index (κ2) is 7.02. The Labute approximate surface area is 145 Å². The minimum absolute atomic E-state index is 0.0851. The number of ether oxygens (including phenoxy) is 2. The molecule has 1 aromatic carbocycles. The fourth-order valence-electron chi connectivity index (χ4n) is 1.96. The van der Waals surface area contributed by atoms with Gasteiger partial charge in [-0.15, -0.1) is 0 Å². The maximum Gasteiger partial charge on any atom is 0.344 e. The van der Waals surface area contributed by atoms with Crippen molar-refractivity contribution < 1.29 is 14.3 Å². The number of carbonyl (C=O) groups is 1. The van der Waals surface area contributed by atoms with Crippen LogP contribution in [0.4, 0.5) is 0 Å². The van der Waals surface area contributed by atoms with Gasteiger partial charge in [0, 0.05) is 16.9 Å². The molecule has 0 saturated heterocycles. The molecule has 5 nitrogen and oxygen atoms in total. The van der Waals surface area contributed by atoms with Gasteiger partial charge in [-0.2, -0.15) is 0 Å². The monoisotopic (exact) mass is 394 g/mol. The van der Waals surface area contributed by atoms with Crippen molar-refractivity contribution in [3.63, 3.8) is 0 Å². The van der Waals surface area contributed by atoms with E-state index in [-0.39, 0.29) is 13.2 Å². The van der Waals surface area contributed by atoms with Gasteiger partial charge in [0.05, 0.1) is 10.7 Å². The van der Waals surface area contributed by atoms with E-state index in [1.165, 1.54) is 0 Å². The quantitative estimate of drug-likeness (QED) is 0.615. The van der Waals surface area contributed by atoms with Crippen LogP contribution in [0.5, 0.6) is 5.75 Å². The van der Waals surface area contributed by atoms with Gasteiger partial charge in [0.2, 0.25) is 0 Å². The molecule has 0 amide bonds. The van der Waals surface area contributed by atoms with E-state index in [4.69, 9.17) is 21.1 Å². The van der Waals surface area contributed by atoms with Gasteiger partial charge < -0.3 is 13.9 Å². The van der Waals surface area contributed by atoms with Crippen molar-refractivity contribution >= 4 is 39.1 Å². The highest BCUT2D eigenvalue weighted by Crippen LogP contribution is 2.16. The first kappa shape index (κ1) is 15.8. The Morgan fingerprint density at radius 2 is 1.96 bits per heavy atom. The highest BCUT2D eigenvalue weighted by Gasteiger charge is 2.08. The van der Waals surface area contributed by atoms with E-state index in [1.54, 1.807) is 41.1 Å². The van der Waals surface area contributed by atoms with Crippen LogP contribution in [-0.2, 0) is 16.1 Å². The fourth-order valence-corrected chi connectivity index (χ4v) is 2.39. The number of imidazole rings is 1. The first-order valence-electron chi connectivity index (χ1n) is 6.77. The second-order valence-corrected chi connectivity index (χ2v) is 6.10. The molecule has 0 aliphatic heterocycles. The van der Waals surface area contributed by atoms with Crippen molar-refractivity contribution in [2.75, 3.05) is 6.61 Å². The summed E-state index contributed by atoms with van der Waals surface area (Å²) in [6, 6.07) is 10.8. The van der Waals surface area contributed by atoms with Gasteiger partial charge in [0.1, 0.15) is 18.0 Å². The average molecular weight is 396 g/mol. The predicted molar refractivity (Wildman–Crippen MR) is 89.6 cm³/mol. The number of rotatable bonds is 5. The maximum atomic E-state index is 11.7. The molecule has 3 rings (SSSR count). The Morgan fingerprint density at radius 3 is 2.74 bits per heavy atom. The number of halogens is 2. The van der Waals surface area contributed by atoms with E-state index < -0.39 is 5.97 Å². The molecular weight excluding hydrogens is 384 g/mol. The highest BCUT2D eigenvalue weighted by molar-refractivity contribution is 9.10. The van der Waals surface area contributed by atoms with Crippen molar-refractivity contribution in [2.24, 2.45) is 0 Å². The molecule has 0 fully saturated rings. The first-order valence-corrected chi connectivity index (χ1v) is 7.94. The second-order valence-electron chi connectivity index (χ2n) is 4.75. The third-order valence-corrected chi connectivity index (χ3v) is 3.77. The lowest BCUT2D eigenvalue weighted by atomic mass is 10.3. The predicted octanol–water partition coefficient (Wildman–Crippen LogP) is 3.87. The molecule has 7 heteroatoms. The molecule has 0 saturated carbocycles. The minimum atomic E-state index is -0.456. The number of fused-ring (bicyclic) bond motifs is 1. The first-order chi connectivity index (χ1) is 11.1. The summed E-state index contributed by atoms with van der Waals surface area (Å²) in [6.45, 7) is -0.0668. The van der Waals surface area contributed by atoms with Crippen LogP contribution in [0.15, 0.2) is 53.3 Å². The molecule has 0 atom stereocenters. The van der Waals surface area contributed by atoms with Gasteiger partial charge in [-0.3, -0.25) is 0 Å². The van der Waals surface area contributed by atoms with Crippen LogP contribution in [0.3, 0.4) is 0 Å². The molecule has 2 aromatic heterocycles. The number of nitrogens with zero attached hydrogens (tertiary/aromatic N) is 2. The van der Waals surface area contributed by atoms with Crippen LogP contribution in [0.2, 0.25) is 5.02 Å². The van der Waals surface area contributed by atoms with Gasteiger partial charge in [0.25, 0.3) is 0 Å². The Balaban J connectivity index is 1.52. The zero-order valence-corrected chi connectivity index (χ0v) is 14.3. The molecular formula is C16H12BrClN2O3. The number of hydrogen-bond acceptors (Lipinski definition) is 4. The number of benzene rings is 1. The summed E-state index contributed by atoms with van der Waals surface area (Å²) in [5.41, 5.74) is 1.39. The number of aromatic nitrogens is 2. The van der Waals surface area contributed by atoms with Crippen LogP contribution in [0.25, 0.3) is 5.65 Å². The van der Waals surface area contributed by atoms with Crippen molar-refractivity contribution in [3.8, 4) is 5.75 Å². The van der Waals surface area contributed by atoms with Gasteiger partial charge in [0.15, 0.2) is 6.61 Å². The minimum Gasteiger partial charge on any atom is -0.482 e. The molecule has 0 bridgehead atoms. The summed E-state index contributed by atoms with van der Waals surface area (Å²) in [7, 11) is 0. The Morgan fingerprint density at radius 1 is 1.17 bits per heavy atom. The van der Waals surface area contributed by atoms with E-state index >= 15 is 0 Å². The molecule has 0 N–H and O–H groups in total. The van der Waals surface area contributed by atoms with Crippen molar-refractivity contribution in [1.82, 2.24) is 9.38 Å². The van der Waals surface area contributed by atoms with Crippen LogP contribution >= 0.6 is 27.5 Å². The third kappa shape index (κ3) is 4.24. The van der Waals surface area contributed by atoms with Gasteiger partial charge in [-0.1, -0.05) is 27.5 Å². The molecule has 118 valence electrons. The number of hydrogen-bond donors (Lipinski definition) is 0. The Bertz CT molecular complexity index is 833. The molecule has 0 spiro atoms. The lowest BCUT2D eigenvalue weighted by Crippen LogP contribution is -2.14.